The molecule has 0 bridgehead atoms. The van der Waals surface area contributed by atoms with E-state index in [1.54, 1.807) is 0 Å². The maximum absolute atomic E-state index is 13.6. The second-order valence-corrected chi connectivity index (χ2v) is 6.91. The summed E-state index contributed by atoms with van der Waals surface area (Å²) in [4.78, 5) is 12.4. The van der Waals surface area contributed by atoms with Gasteiger partial charge in [-0.05, 0) is 36.7 Å². The minimum absolute atomic E-state index is 0.179. The summed E-state index contributed by atoms with van der Waals surface area (Å²) >= 11 is 0. The number of hydrogen-bond acceptors (Lipinski definition) is 3. The number of nitrogens with zero attached hydrogens (tertiary/aromatic N) is 2. The van der Waals surface area contributed by atoms with Crippen LogP contribution in [-0.4, -0.2) is 18.0 Å². The van der Waals surface area contributed by atoms with Crippen molar-refractivity contribution < 1.29 is 9.31 Å². The molecule has 0 radical (unpaired) electrons. The van der Waals surface area contributed by atoms with Crippen molar-refractivity contribution in [3.8, 4) is 0 Å². The second-order valence-electron chi connectivity index (χ2n) is 6.91. The van der Waals surface area contributed by atoms with Crippen LogP contribution in [-0.2, 0) is 0 Å². The minimum atomic E-state index is -0.546. The average molecular weight is 294 g/mol. The molecular formula is C16H23FN2O2. The van der Waals surface area contributed by atoms with Crippen LogP contribution < -0.4 is 4.90 Å². The molecule has 0 aromatic heterocycles. The largest absolute Gasteiger partial charge is 0.371 e. The summed E-state index contributed by atoms with van der Waals surface area (Å²) < 4.78 is 13.6. The molecular weight excluding hydrogens is 271 g/mol. The number of hydrogen-bond donors (Lipinski definition) is 0. The van der Waals surface area contributed by atoms with Crippen LogP contribution in [0.15, 0.2) is 18.2 Å². The lowest BCUT2D eigenvalue weighted by Crippen LogP contribution is -2.26. The molecule has 1 aromatic rings. The molecule has 0 saturated carbocycles. The quantitative estimate of drug-likeness (QED) is 0.600. The Morgan fingerprint density at radius 2 is 1.95 bits per heavy atom. The van der Waals surface area contributed by atoms with Crippen molar-refractivity contribution in [1.29, 1.82) is 0 Å². The molecule has 116 valence electrons. The highest BCUT2D eigenvalue weighted by Gasteiger charge is 2.27. The lowest BCUT2D eigenvalue weighted by molar-refractivity contribution is -0.385. The third-order valence-corrected chi connectivity index (χ3v) is 4.40. The minimum Gasteiger partial charge on any atom is -0.371 e. The predicted octanol–water partition coefficient (Wildman–Crippen LogP) is 4.39. The van der Waals surface area contributed by atoms with E-state index >= 15 is 0 Å². The number of non-ortho nitro benzene ring substituents is 1. The highest BCUT2D eigenvalue weighted by molar-refractivity contribution is 5.53. The zero-order valence-electron chi connectivity index (χ0n) is 12.9. The summed E-state index contributed by atoms with van der Waals surface area (Å²) in [6.45, 7) is 8.40. The summed E-state index contributed by atoms with van der Waals surface area (Å²) in [5.41, 5.74) is 0.710. The van der Waals surface area contributed by atoms with Crippen molar-refractivity contribution in [1.82, 2.24) is 0 Å². The summed E-state index contributed by atoms with van der Waals surface area (Å²) in [7, 11) is 0. The molecule has 1 heterocycles. The van der Waals surface area contributed by atoms with Crippen LogP contribution in [0.3, 0.4) is 0 Å². The first-order valence-electron chi connectivity index (χ1n) is 7.47. The van der Waals surface area contributed by atoms with Gasteiger partial charge in [-0.1, -0.05) is 20.8 Å². The van der Waals surface area contributed by atoms with Gasteiger partial charge in [0.2, 0.25) is 0 Å². The number of halogens is 1. The van der Waals surface area contributed by atoms with Gasteiger partial charge in [0.1, 0.15) is 5.82 Å². The molecule has 0 aliphatic carbocycles. The zero-order chi connectivity index (χ0) is 15.6. The monoisotopic (exact) mass is 294 g/mol. The second kappa shape index (κ2) is 6.00. The Labute approximate surface area is 125 Å². The summed E-state index contributed by atoms with van der Waals surface area (Å²) in [6, 6.07) is 3.84. The smallest absolute Gasteiger partial charge is 0.274 e. The molecule has 2 rings (SSSR count). The molecule has 1 fully saturated rings. The molecule has 1 saturated heterocycles. The van der Waals surface area contributed by atoms with Gasteiger partial charge in [-0.2, -0.15) is 0 Å². The molecule has 21 heavy (non-hydrogen) atoms. The molecule has 0 N–H and O–H groups in total. The van der Waals surface area contributed by atoms with Crippen molar-refractivity contribution in [3.63, 3.8) is 0 Å². The van der Waals surface area contributed by atoms with Crippen LogP contribution >= 0.6 is 0 Å². The zero-order valence-corrected chi connectivity index (χ0v) is 12.9. The first kappa shape index (κ1) is 15.7. The Morgan fingerprint density at radius 3 is 2.57 bits per heavy atom. The van der Waals surface area contributed by atoms with E-state index in [2.05, 4.69) is 25.7 Å². The standard InChI is InChI=1S/C16H23FN2O2/c1-16(2,3)12-5-4-7-18(8-6-12)14-9-13(17)10-15(11-14)19(20)21/h9-12H,4-8H2,1-3H3. The molecule has 4 nitrogen and oxygen atoms in total. The number of nitro benzene ring substituents is 1. The SMILES string of the molecule is CC(C)(C)C1CCCN(c2cc(F)cc([N+](=O)[O-])c2)CC1. The van der Waals surface area contributed by atoms with Crippen molar-refractivity contribution >= 4 is 11.4 Å². The number of nitro groups is 1. The molecule has 0 amide bonds. The predicted molar refractivity (Wildman–Crippen MR) is 82.1 cm³/mol. The van der Waals surface area contributed by atoms with E-state index in [1.165, 1.54) is 12.1 Å². The molecule has 1 atom stereocenters. The summed E-state index contributed by atoms with van der Waals surface area (Å²) in [5.74, 6) is 0.0851. The van der Waals surface area contributed by atoms with Crippen molar-refractivity contribution in [2.45, 2.75) is 40.0 Å². The Balaban J connectivity index is 2.17. The molecule has 1 aromatic carbocycles. The fourth-order valence-electron chi connectivity index (χ4n) is 3.07. The van der Waals surface area contributed by atoms with Gasteiger partial charge in [-0.25, -0.2) is 4.39 Å². The lowest BCUT2D eigenvalue weighted by Gasteiger charge is -2.30. The maximum atomic E-state index is 13.6. The van der Waals surface area contributed by atoms with Crippen molar-refractivity contribution in [3.05, 3.63) is 34.1 Å². The summed E-state index contributed by atoms with van der Waals surface area (Å²) in [5, 5.41) is 10.9. The van der Waals surface area contributed by atoms with Crippen LogP contribution in [0.25, 0.3) is 0 Å². The lowest BCUT2D eigenvalue weighted by atomic mass is 9.77. The van der Waals surface area contributed by atoms with E-state index in [4.69, 9.17) is 0 Å². The number of benzene rings is 1. The van der Waals surface area contributed by atoms with Crippen LogP contribution in [0, 0.1) is 27.3 Å². The highest BCUT2D eigenvalue weighted by atomic mass is 19.1. The van der Waals surface area contributed by atoms with Crippen molar-refractivity contribution in [2.75, 3.05) is 18.0 Å². The average Bonchev–Trinajstić information content (AvgIpc) is 2.63. The van der Waals surface area contributed by atoms with Crippen molar-refractivity contribution in [2.24, 2.45) is 11.3 Å². The van der Waals surface area contributed by atoms with E-state index < -0.39 is 10.7 Å². The first-order chi connectivity index (χ1) is 9.77. The maximum Gasteiger partial charge on any atom is 0.274 e. The fourth-order valence-corrected chi connectivity index (χ4v) is 3.07. The van der Waals surface area contributed by atoms with E-state index in [0.717, 1.165) is 38.4 Å². The number of rotatable bonds is 2. The number of anilines is 1. The van der Waals surface area contributed by atoms with Crippen LogP contribution in [0.4, 0.5) is 15.8 Å². The Morgan fingerprint density at radius 1 is 1.24 bits per heavy atom. The van der Waals surface area contributed by atoms with Gasteiger partial charge < -0.3 is 4.90 Å². The van der Waals surface area contributed by atoms with E-state index in [-0.39, 0.29) is 11.1 Å². The van der Waals surface area contributed by atoms with Crippen LogP contribution in [0.5, 0.6) is 0 Å². The third-order valence-electron chi connectivity index (χ3n) is 4.40. The Bertz CT molecular complexity index is 525. The third kappa shape index (κ3) is 3.93. The van der Waals surface area contributed by atoms with Gasteiger partial charge in [0, 0.05) is 24.8 Å². The van der Waals surface area contributed by atoms with E-state index in [0.29, 0.717) is 11.6 Å². The van der Waals surface area contributed by atoms with E-state index in [9.17, 15) is 14.5 Å². The van der Waals surface area contributed by atoms with Gasteiger partial charge in [0.25, 0.3) is 5.69 Å². The molecule has 1 aliphatic rings. The van der Waals surface area contributed by atoms with Gasteiger partial charge in [-0.15, -0.1) is 0 Å². The Kier molecular flexibility index (Phi) is 4.49. The van der Waals surface area contributed by atoms with Gasteiger partial charge in [0.15, 0.2) is 0 Å². The fraction of sp³-hybridized carbons (Fsp3) is 0.625. The van der Waals surface area contributed by atoms with Gasteiger partial charge in [0.05, 0.1) is 11.0 Å². The molecule has 1 aliphatic heterocycles. The molecule has 0 spiro atoms. The van der Waals surface area contributed by atoms with Gasteiger partial charge in [-0.3, -0.25) is 10.1 Å². The normalized spacial score (nSPS) is 20.2. The molecule has 1 unspecified atom stereocenters. The van der Waals surface area contributed by atoms with Crippen LogP contribution in [0.2, 0.25) is 0 Å². The van der Waals surface area contributed by atoms with Crippen LogP contribution in [0.1, 0.15) is 40.0 Å². The highest BCUT2D eigenvalue weighted by Crippen LogP contribution is 2.35. The van der Waals surface area contributed by atoms with Gasteiger partial charge >= 0.3 is 0 Å². The summed E-state index contributed by atoms with van der Waals surface area (Å²) in [6.07, 6.45) is 3.22. The topological polar surface area (TPSA) is 46.4 Å². The van der Waals surface area contributed by atoms with E-state index in [1.807, 2.05) is 0 Å². The first-order valence-corrected chi connectivity index (χ1v) is 7.47. The molecule has 5 heteroatoms. The Hall–Kier alpha value is -1.65.